The molecule has 0 aliphatic carbocycles. The highest BCUT2D eigenvalue weighted by atomic mass is 32.1. The number of aromatic nitrogens is 2. The van der Waals surface area contributed by atoms with Crippen molar-refractivity contribution in [2.75, 3.05) is 38.2 Å². The number of piperidine rings is 1. The number of hydrogen-bond donors (Lipinski definition) is 0. The first-order valence-electron chi connectivity index (χ1n) is 10.00. The van der Waals surface area contributed by atoms with Gasteiger partial charge in [-0.05, 0) is 32.3 Å². The van der Waals surface area contributed by atoms with Gasteiger partial charge in [0.1, 0.15) is 5.82 Å². The van der Waals surface area contributed by atoms with Crippen molar-refractivity contribution in [2.24, 2.45) is 5.92 Å². The number of likely N-dealkylation sites (tertiary alicyclic amines) is 1. The van der Waals surface area contributed by atoms with E-state index in [1.807, 2.05) is 11.9 Å². The zero-order chi connectivity index (χ0) is 20.8. The molecule has 0 spiro atoms. The number of anilines is 1. The van der Waals surface area contributed by atoms with Crippen LogP contribution in [-0.4, -0.2) is 59.4 Å². The van der Waals surface area contributed by atoms with E-state index in [4.69, 9.17) is 4.74 Å². The van der Waals surface area contributed by atoms with Gasteiger partial charge in [0.25, 0.3) is 0 Å². The van der Waals surface area contributed by atoms with Gasteiger partial charge in [0.2, 0.25) is 11.0 Å². The molecule has 1 aliphatic heterocycles. The van der Waals surface area contributed by atoms with Crippen molar-refractivity contribution in [3.63, 3.8) is 0 Å². The topological polar surface area (TPSA) is 75.6 Å². The van der Waals surface area contributed by atoms with Crippen LogP contribution >= 0.6 is 11.5 Å². The van der Waals surface area contributed by atoms with Gasteiger partial charge < -0.3 is 14.5 Å². The van der Waals surface area contributed by atoms with Crippen molar-refractivity contribution < 1.29 is 14.3 Å². The predicted octanol–water partition coefficient (Wildman–Crippen LogP) is 2.68. The summed E-state index contributed by atoms with van der Waals surface area (Å²) in [4.78, 5) is 32.9. The van der Waals surface area contributed by atoms with E-state index in [1.165, 1.54) is 17.1 Å². The Morgan fingerprint density at radius 2 is 2.07 bits per heavy atom. The smallest absolute Gasteiger partial charge is 0.310 e. The third-order valence-corrected chi connectivity index (χ3v) is 5.90. The highest BCUT2D eigenvalue weighted by Crippen LogP contribution is 2.21. The summed E-state index contributed by atoms with van der Waals surface area (Å²) in [6.07, 6.45) is 2.27. The SMILES string of the molecule is CCOC(=O)C1CCCN(C(=O)CN(C)c2nc(Cc3ccc(C)cc3)ns2)C1. The molecule has 1 aromatic carbocycles. The van der Waals surface area contributed by atoms with Crippen LogP contribution in [-0.2, 0) is 20.7 Å². The van der Waals surface area contributed by atoms with Crippen molar-refractivity contribution in [2.45, 2.75) is 33.1 Å². The zero-order valence-electron chi connectivity index (χ0n) is 17.3. The highest BCUT2D eigenvalue weighted by molar-refractivity contribution is 7.09. The number of rotatable bonds is 7. The molecule has 1 unspecified atom stereocenters. The maximum Gasteiger partial charge on any atom is 0.310 e. The van der Waals surface area contributed by atoms with Crippen LogP contribution in [0.25, 0.3) is 0 Å². The largest absolute Gasteiger partial charge is 0.466 e. The van der Waals surface area contributed by atoms with Gasteiger partial charge in [-0.2, -0.15) is 4.37 Å². The molecular formula is C21H28N4O3S. The fraction of sp³-hybridized carbons (Fsp3) is 0.524. The molecule has 156 valence electrons. The number of hydrogen-bond acceptors (Lipinski definition) is 7. The third kappa shape index (κ3) is 5.76. The summed E-state index contributed by atoms with van der Waals surface area (Å²) in [5.41, 5.74) is 2.39. The maximum absolute atomic E-state index is 12.7. The lowest BCUT2D eigenvalue weighted by Crippen LogP contribution is -2.46. The van der Waals surface area contributed by atoms with Gasteiger partial charge in [-0.25, -0.2) is 4.98 Å². The van der Waals surface area contributed by atoms with Crippen LogP contribution in [0.2, 0.25) is 0 Å². The Bertz CT molecular complexity index is 837. The van der Waals surface area contributed by atoms with Crippen LogP contribution in [0.5, 0.6) is 0 Å². The van der Waals surface area contributed by atoms with Crippen molar-refractivity contribution in [1.82, 2.24) is 14.3 Å². The number of nitrogens with zero attached hydrogens (tertiary/aromatic N) is 4. The van der Waals surface area contributed by atoms with E-state index in [-0.39, 0.29) is 24.3 Å². The van der Waals surface area contributed by atoms with Gasteiger partial charge in [-0.1, -0.05) is 29.8 Å². The fourth-order valence-corrected chi connectivity index (χ4v) is 4.03. The molecule has 1 amide bonds. The first kappa shape index (κ1) is 21.2. The third-order valence-electron chi connectivity index (χ3n) is 5.03. The summed E-state index contributed by atoms with van der Waals surface area (Å²) >= 11 is 1.30. The number of carbonyl (C=O) groups excluding carboxylic acids is 2. The second kappa shape index (κ2) is 9.82. The zero-order valence-corrected chi connectivity index (χ0v) is 18.1. The fourth-order valence-electron chi connectivity index (χ4n) is 3.39. The highest BCUT2D eigenvalue weighted by Gasteiger charge is 2.29. The predicted molar refractivity (Wildman–Crippen MR) is 113 cm³/mol. The normalized spacial score (nSPS) is 16.5. The Kier molecular flexibility index (Phi) is 7.19. The second-order valence-corrected chi connectivity index (χ2v) is 8.17. The Hall–Kier alpha value is -2.48. The van der Waals surface area contributed by atoms with E-state index in [2.05, 4.69) is 40.5 Å². The number of aryl methyl sites for hydroxylation is 1. The standard InChI is InChI=1S/C21H28N4O3S/c1-4-28-20(27)17-6-5-11-25(13-17)19(26)14-24(3)21-22-18(23-29-21)12-16-9-7-15(2)8-10-16/h7-10,17H,4-6,11-14H2,1-3H3. The van der Waals surface area contributed by atoms with Crippen LogP contribution in [0.3, 0.4) is 0 Å². The van der Waals surface area contributed by atoms with E-state index in [1.54, 1.807) is 11.8 Å². The molecule has 1 aliphatic rings. The summed E-state index contributed by atoms with van der Waals surface area (Å²) in [7, 11) is 1.85. The molecule has 1 saturated heterocycles. The molecule has 1 atom stereocenters. The average Bonchev–Trinajstić information content (AvgIpc) is 3.18. The average molecular weight is 417 g/mol. The van der Waals surface area contributed by atoms with E-state index in [0.29, 0.717) is 26.1 Å². The number of benzene rings is 1. The van der Waals surface area contributed by atoms with Gasteiger partial charge >= 0.3 is 5.97 Å². The molecule has 8 heteroatoms. The minimum atomic E-state index is -0.222. The van der Waals surface area contributed by atoms with Crippen LogP contribution in [0.4, 0.5) is 5.13 Å². The summed E-state index contributed by atoms with van der Waals surface area (Å²) in [6, 6.07) is 8.32. The molecule has 0 saturated carbocycles. The van der Waals surface area contributed by atoms with Crippen LogP contribution in [0, 0.1) is 12.8 Å². The van der Waals surface area contributed by atoms with E-state index >= 15 is 0 Å². The molecular weight excluding hydrogens is 388 g/mol. The monoisotopic (exact) mass is 416 g/mol. The van der Waals surface area contributed by atoms with Crippen molar-refractivity contribution in [3.05, 3.63) is 41.2 Å². The second-order valence-electron chi connectivity index (χ2n) is 7.44. The molecule has 2 heterocycles. The van der Waals surface area contributed by atoms with Crippen molar-refractivity contribution in [1.29, 1.82) is 0 Å². The summed E-state index contributed by atoms with van der Waals surface area (Å²) < 4.78 is 9.55. The number of esters is 1. The minimum absolute atomic E-state index is 0.00298. The van der Waals surface area contributed by atoms with Crippen molar-refractivity contribution in [3.8, 4) is 0 Å². The number of ether oxygens (including phenoxy) is 1. The Morgan fingerprint density at radius 1 is 1.31 bits per heavy atom. The van der Waals surface area contributed by atoms with Gasteiger partial charge in [-0.15, -0.1) is 0 Å². The maximum atomic E-state index is 12.7. The molecule has 29 heavy (non-hydrogen) atoms. The summed E-state index contributed by atoms with van der Waals surface area (Å²) in [6.45, 7) is 5.56. The first-order valence-corrected chi connectivity index (χ1v) is 10.8. The lowest BCUT2D eigenvalue weighted by Gasteiger charge is -2.32. The number of amides is 1. The Morgan fingerprint density at radius 3 is 2.79 bits per heavy atom. The Balaban J connectivity index is 1.55. The molecule has 0 N–H and O–H groups in total. The van der Waals surface area contributed by atoms with Gasteiger partial charge in [0.05, 0.1) is 19.1 Å². The lowest BCUT2D eigenvalue weighted by molar-refractivity contribution is -0.151. The molecule has 2 aromatic rings. The first-order chi connectivity index (χ1) is 14.0. The van der Waals surface area contributed by atoms with Crippen LogP contribution < -0.4 is 4.90 Å². The van der Waals surface area contributed by atoms with E-state index in [0.717, 1.165) is 29.4 Å². The summed E-state index contributed by atoms with van der Waals surface area (Å²) in [5.74, 6) is 0.328. The quantitative estimate of drug-likeness (QED) is 0.646. The number of likely N-dealkylation sites (N-methyl/N-ethyl adjacent to an activating group) is 1. The minimum Gasteiger partial charge on any atom is -0.466 e. The van der Waals surface area contributed by atoms with Crippen LogP contribution in [0.1, 0.15) is 36.7 Å². The number of carbonyl (C=O) groups is 2. The van der Waals surface area contributed by atoms with E-state index < -0.39 is 0 Å². The molecule has 1 fully saturated rings. The van der Waals surface area contributed by atoms with Gasteiger partial charge in [0.15, 0.2) is 0 Å². The van der Waals surface area contributed by atoms with Crippen LogP contribution in [0.15, 0.2) is 24.3 Å². The lowest BCUT2D eigenvalue weighted by atomic mass is 9.98. The molecule has 0 bridgehead atoms. The van der Waals surface area contributed by atoms with E-state index in [9.17, 15) is 9.59 Å². The van der Waals surface area contributed by atoms with Gasteiger partial charge in [-0.3, -0.25) is 9.59 Å². The summed E-state index contributed by atoms with van der Waals surface area (Å²) in [5, 5.41) is 0.722. The van der Waals surface area contributed by atoms with Gasteiger partial charge in [0, 0.05) is 38.1 Å². The molecule has 0 radical (unpaired) electrons. The molecule has 3 rings (SSSR count). The molecule has 1 aromatic heterocycles. The molecule has 7 nitrogen and oxygen atoms in total. The van der Waals surface area contributed by atoms with Crippen molar-refractivity contribution >= 4 is 28.5 Å². The Labute approximate surface area is 175 Å².